The summed E-state index contributed by atoms with van der Waals surface area (Å²) >= 11 is 3.41. The number of hydrogen-bond acceptors (Lipinski definition) is 3. The molecule has 2 aliphatic rings. The Morgan fingerprint density at radius 2 is 2.12 bits per heavy atom. The summed E-state index contributed by atoms with van der Waals surface area (Å²) in [5.74, 6) is 0.347. The molecule has 0 aromatic heterocycles. The molecule has 138 valence electrons. The van der Waals surface area contributed by atoms with Crippen LogP contribution in [-0.4, -0.2) is 43.4 Å². The topological polar surface area (TPSA) is 61.4 Å². The van der Waals surface area contributed by atoms with Gasteiger partial charge in [-0.25, -0.2) is 0 Å². The Hall–Kier alpha value is -1.11. The van der Waals surface area contributed by atoms with Gasteiger partial charge in [-0.15, -0.1) is 12.4 Å². The number of anilines is 1. The van der Waals surface area contributed by atoms with E-state index in [1.807, 2.05) is 24.3 Å². The zero-order chi connectivity index (χ0) is 17.2. The van der Waals surface area contributed by atoms with E-state index in [-0.39, 0.29) is 36.2 Å². The Bertz CT molecular complexity index is 643. The fourth-order valence-corrected chi connectivity index (χ4v) is 4.47. The van der Waals surface area contributed by atoms with Crippen LogP contribution < -0.4 is 10.6 Å². The Kier molecular flexibility index (Phi) is 6.88. The number of benzene rings is 1. The number of rotatable bonds is 4. The first-order chi connectivity index (χ1) is 11.5. The molecular formula is C18H25BrClN3O2. The van der Waals surface area contributed by atoms with E-state index >= 15 is 0 Å². The third-order valence-electron chi connectivity index (χ3n) is 5.34. The van der Waals surface area contributed by atoms with E-state index < -0.39 is 0 Å². The van der Waals surface area contributed by atoms with Crippen molar-refractivity contribution in [3.8, 4) is 0 Å². The molecule has 2 atom stereocenters. The van der Waals surface area contributed by atoms with Crippen molar-refractivity contribution < 1.29 is 9.59 Å². The van der Waals surface area contributed by atoms with Gasteiger partial charge in [-0.1, -0.05) is 25.0 Å². The fourth-order valence-electron chi connectivity index (χ4n) is 4.09. The standard InChI is InChI=1S/C18H24BrN3O2.ClH/c1-22(11-16(23)21-15-8-3-2-7-14(15)19)17(24)18-9-5-4-6-13(18)10-20-12-18;/h2-3,7-8,13,20H,4-6,9-12H2,1H3,(H,21,23);1H/t13-,18+;/m0./s1. The third-order valence-corrected chi connectivity index (χ3v) is 6.03. The number of amides is 2. The minimum atomic E-state index is -0.305. The molecule has 1 heterocycles. The zero-order valence-electron chi connectivity index (χ0n) is 14.4. The molecule has 0 radical (unpaired) electrons. The number of nitrogens with zero attached hydrogens (tertiary/aromatic N) is 1. The van der Waals surface area contributed by atoms with Crippen molar-refractivity contribution in [2.45, 2.75) is 25.7 Å². The summed E-state index contributed by atoms with van der Waals surface area (Å²) in [5.41, 5.74) is 0.417. The molecular weight excluding hydrogens is 406 g/mol. The highest BCUT2D eigenvalue weighted by Gasteiger charge is 2.50. The lowest BCUT2D eigenvalue weighted by Crippen LogP contribution is -2.50. The first kappa shape index (κ1) is 20.2. The maximum Gasteiger partial charge on any atom is 0.244 e. The van der Waals surface area contributed by atoms with Gasteiger partial charge in [-0.2, -0.15) is 0 Å². The summed E-state index contributed by atoms with van der Waals surface area (Å²) in [5, 5.41) is 6.25. The Morgan fingerprint density at radius 3 is 2.88 bits per heavy atom. The minimum Gasteiger partial charge on any atom is -0.336 e. The summed E-state index contributed by atoms with van der Waals surface area (Å²) in [6.07, 6.45) is 4.34. The van der Waals surface area contributed by atoms with Crippen molar-refractivity contribution >= 4 is 45.8 Å². The summed E-state index contributed by atoms with van der Waals surface area (Å²) in [7, 11) is 1.74. The molecule has 0 spiro atoms. The molecule has 1 aromatic rings. The number of para-hydroxylation sites is 1. The predicted molar refractivity (Wildman–Crippen MR) is 105 cm³/mol. The van der Waals surface area contributed by atoms with Gasteiger partial charge in [0.25, 0.3) is 0 Å². The van der Waals surface area contributed by atoms with E-state index in [1.54, 1.807) is 11.9 Å². The molecule has 2 N–H and O–H groups in total. The summed E-state index contributed by atoms with van der Waals surface area (Å²) < 4.78 is 0.832. The highest BCUT2D eigenvalue weighted by molar-refractivity contribution is 9.10. The molecule has 7 heteroatoms. The van der Waals surface area contributed by atoms with Crippen LogP contribution in [0.3, 0.4) is 0 Å². The van der Waals surface area contributed by atoms with E-state index in [1.165, 1.54) is 6.42 Å². The monoisotopic (exact) mass is 429 g/mol. The number of hydrogen-bond donors (Lipinski definition) is 2. The maximum absolute atomic E-state index is 13.1. The van der Waals surface area contributed by atoms with Crippen LogP contribution in [0.4, 0.5) is 5.69 Å². The van der Waals surface area contributed by atoms with Crippen LogP contribution in [0.15, 0.2) is 28.7 Å². The second-order valence-electron chi connectivity index (χ2n) is 6.92. The first-order valence-electron chi connectivity index (χ1n) is 8.53. The lowest BCUT2D eigenvalue weighted by molar-refractivity contribution is -0.145. The van der Waals surface area contributed by atoms with Gasteiger partial charge in [0.1, 0.15) is 0 Å². The van der Waals surface area contributed by atoms with Gasteiger partial charge in [0.2, 0.25) is 11.8 Å². The molecule has 3 rings (SSSR count). The van der Waals surface area contributed by atoms with Crippen LogP contribution in [0.1, 0.15) is 25.7 Å². The van der Waals surface area contributed by atoms with E-state index in [2.05, 4.69) is 26.6 Å². The maximum atomic E-state index is 13.1. The predicted octanol–water partition coefficient (Wildman–Crippen LogP) is 3.05. The van der Waals surface area contributed by atoms with Gasteiger partial charge in [0, 0.05) is 18.1 Å². The van der Waals surface area contributed by atoms with Crippen molar-refractivity contribution in [3.05, 3.63) is 28.7 Å². The Labute approximate surface area is 163 Å². The minimum absolute atomic E-state index is 0. The molecule has 2 amide bonds. The van der Waals surface area contributed by atoms with Gasteiger partial charge in [-0.05, 0) is 53.4 Å². The summed E-state index contributed by atoms with van der Waals surface area (Å²) in [4.78, 5) is 27.0. The van der Waals surface area contributed by atoms with Crippen LogP contribution in [0.5, 0.6) is 0 Å². The molecule has 2 fully saturated rings. The zero-order valence-corrected chi connectivity index (χ0v) is 16.8. The number of halogens is 2. The molecule has 1 aromatic carbocycles. The Morgan fingerprint density at radius 1 is 1.36 bits per heavy atom. The van der Waals surface area contributed by atoms with Gasteiger partial charge in [0.15, 0.2) is 0 Å². The molecule has 1 aliphatic heterocycles. The number of fused-ring (bicyclic) bond motifs is 1. The van der Waals surface area contributed by atoms with Crippen LogP contribution >= 0.6 is 28.3 Å². The molecule has 1 saturated carbocycles. The summed E-state index contributed by atoms with van der Waals surface area (Å²) in [6.45, 7) is 1.74. The SMILES string of the molecule is CN(CC(=O)Nc1ccccc1Br)C(=O)[C@@]12CCCC[C@H]1CNC2.Cl. The molecule has 0 unspecified atom stereocenters. The first-order valence-corrected chi connectivity index (χ1v) is 9.33. The van der Waals surface area contributed by atoms with Crippen LogP contribution in [0, 0.1) is 11.3 Å². The normalized spacial score (nSPS) is 24.8. The summed E-state index contributed by atoms with van der Waals surface area (Å²) in [6, 6.07) is 7.47. The van der Waals surface area contributed by atoms with Crippen molar-refractivity contribution in [1.29, 1.82) is 0 Å². The number of nitrogens with one attached hydrogen (secondary N) is 2. The van der Waals surface area contributed by atoms with Crippen LogP contribution in [0.2, 0.25) is 0 Å². The van der Waals surface area contributed by atoms with E-state index in [4.69, 9.17) is 0 Å². The van der Waals surface area contributed by atoms with E-state index in [0.29, 0.717) is 5.92 Å². The molecule has 1 aliphatic carbocycles. The molecule has 0 bridgehead atoms. The van der Waals surface area contributed by atoms with Gasteiger partial charge >= 0.3 is 0 Å². The van der Waals surface area contributed by atoms with Gasteiger partial charge < -0.3 is 15.5 Å². The van der Waals surface area contributed by atoms with Crippen molar-refractivity contribution in [1.82, 2.24) is 10.2 Å². The van der Waals surface area contributed by atoms with Crippen LogP contribution in [0.25, 0.3) is 0 Å². The quantitative estimate of drug-likeness (QED) is 0.772. The average Bonchev–Trinajstić information content (AvgIpc) is 3.01. The largest absolute Gasteiger partial charge is 0.336 e. The highest BCUT2D eigenvalue weighted by atomic mass is 79.9. The van der Waals surface area contributed by atoms with Crippen molar-refractivity contribution in [2.24, 2.45) is 11.3 Å². The molecule has 5 nitrogen and oxygen atoms in total. The second kappa shape index (κ2) is 8.52. The van der Waals surface area contributed by atoms with E-state index in [0.717, 1.165) is 42.5 Å². The lowest BCUT2D eigenvalue weighted by Gasteiger charge is -2.39. The number of carbonyl (C=O) groups is 2. The lowest BCUT2D eigenvalue weighted by atomic mass is 9.67. The number of carbonyl (C=O) groups excluding carboxylic acids is 2. The third kappa shape index (κ3) is 4.18. The Balaban J connectivity index is 0.00000225. The van der Waals surface area contributed by atoms with Gasteiger partial charge in [-0.3, -0.25) is 9.59 Å². The molecule has 25 heavy (non-hydrogen) atoms. The smallest absolute Gasteiger partial charge is 0.244 e. The average molecular weight is 431 g/mol. The molecule has 1 saturated heterocycles. The van der Waals surface area contributed by atoms with Gasteiger partial charge in [0.05, 0.1) is 17.6 Å². The number of likely N-dealkylation sites (N-methyl/N-ethyl adjacent to an activating group) is 1. The van der Waals surface area contributed by atoms with E-state index in [9.17, 15) is 9.59 Å². The highest BCUT2D eigenvalue weighted by Crippen LogP contribution is 2.44. The second-order valence-corrected chi connectivity index (χ2v) is 7.77. The van der Waals surface area contributed by atoms with Crippen LogP contribution in [-0.2, 0) is 9.59 Å². The fraction of sp³-hybridized carbons (Fsp3) is 0.556. The van der Waals surface area contributed by atoms with Crippen molar-refractivity contribution in [2.75, 3.05) is 32.0 Å². The van der Waals surface area contributed by atoms with Crippen molar-refractivity contribution in [3.63, 3.8) is 0 Å².